The summed E-state index contributed by atoms with van der Waals surface area (Å²) in [5.41, 5.74) is 3.23. The van der Waals surface area contributed by atoms with Crippen molar-refractivity contribution in [1.29, 1.82) is 0 Å². The molecule has 1 atom stereocenters. The average Bonchev–Trinajstić information content (AvgIpc) is 3.13. The number of amides is 1. The van der Waals surface area contributed by atoms with Crippen molar-refractivity contribution >= 4 is 16.8 Å². The van der Waals surface area contributed by atoms with Crippen molar-refractivity contribution in [3.05, 3.63) is 48.3 Å². The molecule has 2 aromatic carbocycles. The maximum Gasteiger partial charge on any atom is 0.217 e. The number of methoxy groups -OCH3 is 1. The van der Waals surface area contributed by atoms with Gasteiger partial charge in [0.25, 0.3) is 0 Å². The van der Waals surface area contributed by atoms with E-state index in [1.807, 2.05) is 25.1 Å². The number of rotatable bonds is 10. The van der Waals surface area contributed by atoms with Gasteiger partial charge in [0.2, 0.25) is 5.91 Å². The minimum atomic E-state index is -0.402. The number of hydrogen-bond acceptors (Lipinski definition) is 5. The number of aromatic nitrogens is 1. The van der Waals surface area contributed by atoms with E-state index in [0.29, 0.717) is 18.6 Å². The van der Waals surface area contributed by atoms with Crippen LogP contribution in [0.3, 0.4) is 0 Å². The van der Waals surface area contributed by atoms with E-state index in [9.17, 15) is 9.18 Å². The minimum Gasteiger partial charge on any atom is -0.494 e. The van der Waals surface area contributed by atoms with E-state index in [4.69, 9.17) is 14.2 Å². The number of ether oxygens (including phenoxy) is 3. The Bertz CT molecular complexity index is 1250. The highest BCUT2D eigenvalue weighted by Crippen LogP contribution is 2.37. The third-order valence-corrected chi connectivity index (χ3v) is 7.05. The van der Waals surface area contributed by atoms with Crippen molar-refractivity contribution in [2.75, 3.05) is 46.6 Å². The molecule has 1 N–H and O–H groups in total. The van der Waals surface area contributed by atoms with E-state index >= 15 is 0 Å². The molecule has 36 heavy (non-hydrogen) atoms. The summed E-state index contributed by atoms with van der Waals surface area (Å²) in [6.45, 7) is 9.86. The fourth-order valence-corrected chi connectivity index (χ4v) is 5.37. The first-order valence-corrected chi connectivity index (χ1v) is 12.5. The van der Waals surface area contributed by atoms with Crippen molar-refractivity contribution < 1.29 is 23.4 Å². The Kier molecular flexibility index (Phi) is 6.90. The Morgan fingerprint density at radius 2 is 2.00 bits per heavy atom. The molecule has 2 fully saturated rings. The first-order chi connectivity index (χ1) is 17.4. The molecular weight excluding hydrogens is 461 g/mol. The van der Waals surface area contributed by atoms with Gasteiger partial charge in [0.15, 0.2) is 11.6 Å². The largest absolute Gasteiger partial charge is 0.494 e. The van der Waals surface area contributed by atoms with Gasteiger partial charge in [0.1, 0.15) is 5.75 Å². The van der Waals surface area contributed by atoms with E-state index in [1.165, 1.54) is 20.1 Å². The molecule has 1 aromatic heterocycles. The highest BCUT2D eigenvalue weighted by Gasteiger charge is 2.48. The van der Waals surface area contributed by atoms with Crippen LogP contribution in [0.4, 0.5) is 4.39 Å². The molecule has 2 aliphatic heterocycles. The smallest absolute Gasteiger partial charge is 0.217 e. The fraction of sp³-hybridized carbons (Fsp3) is 0.464. The van der Waals surface area contributed by atoms with Crippen LogP contribution in [0.5, 0.6) is 11.5 Å². The molecule has 7 nitrogen and oxygen atoms in total. The normalized spacial score (nSPS) is 17.4. The van der Waals surface area contributed by atoms with Crippen LogP contribution >= 0.6 is 0 Å². The second kappa shape index (κ2) is 10.1. The maximum atomic E-state index is 14.1. The number of nitrogens with one attached hydrogen (secondary N) is 1. The topological polar surface area (TPSA) is 65.0 Å². The highest BCUT2D eigenvalue weighted by atomic mass is 19.1. The van der Waals surface area contributed by atoms with Crippen LogP contribution in [0.25, 0.3) is 22.2 Å². The highest BCUT2D eigenvalue weighted by molar-refractivity contribution is 5.88. The number of fused-ring (bicyclic) bond motifs is 1. The first-order valence-electron chi connectivity index (χ1n) is 12.5. The maximum absolute atomic E-state index is 14.1. The van der Waals surface area contributed by atoms with Crippen molar-refractivity contribution in [3.8, 4) is 22.8 Å². The SMILES string of the molecule is COc1cc(-c2cc3cc(OCCCN4CC5(COC5)C4)ccc3n2CC(C)NC(C)=O)ccc1F. The predicted octanol–water partition coefficient (Wildman–Crippen LogP) is 4.08. The summed E-state index contributed by atoms with van der Waals surface area (Å²) in [6, 6.07) is 12.9. The summed E-state index contributed by atoms with van der Waals surface area (Å²) in [5.74, 6) is 0.543. The molecule has 0 radical (unpaired) electrons. The van der Waals surface area contributed by atoms with Crippen LogP contribution in [-0.2, 0) is 16.1 Å². The standard InChI is InChI=1S/C28H34FN3O4/c1-19(30-20(2)33)14-32-25-8-6-23(36-10-4-9-31-15-28(16-31)17-35-18-28)11-22(25)12-26(32)21-5-7-24(29)27(13-21)34-3/h5-8,11-13,19H,4,9-10,14-18H2,1-3H3,(H,30,33). The number of hydrogen-bond donors (Lipinski definition) is 1. The number of benzene rings is 2. The first kappa shape index (κ1) is 24.6. The molecule has 8 heteroatoms. The molecule has 3 heterocycles. The predicted molar refractivity (Wildman–Crippen MR) is 137 cm³/mol. The average molecular weight is 496 g/mol. The van der Waals surface area contributed by atoms with E-state index in [-0.39, 0.29) is 17.7 Å². The van der Waals surface area contributed by atoms with Crippen molar-refractivity contribution in [1.82, 2.24) is 14.8 Å². The minimum absolute atomic E-state index is 0.0749. The van der Waals surface area contributed by atoms with Crippen molar-refractivity contribution in [2.45, 2.75) is 32.9 Å². The molecule has 192 valence electrons. The van der Waals surface area contributed by atoms with Crippen LogP contribution in [0.1, 0.15) is 20.3 Å². The molecule has 1 spiro atoms. The van der Waals surface area contributed by atoms with Crippen molar-refractivity contribution in [3.63, 3.8) is 0 Å². The Morgan fingerprint density at radius 3 is 2.69 bits per heavy atom. The van der Waals surface area contributed by atoms with Gasteiger partial charge >= 0.3 is 0 Å². The Morgan fingerprint density at radius 1 is 1.19 bits per heavy atom. The molecule has 2 saturated heterocycles. The zero-order chi connectivity index (χ0) is 25.3. The number of carbonyl (C=O) groups is 1. The molecular formula is C28H34FN3O4. The number of carbonyl (C=O) groups excluding carboxylic acids is 1. The monoisotopic (exact) mass is 495 g/mol. The summed E-state index contributed by atoms with van der Waals surface area (Å²) < 4.78 is 32.9. The number of halogens is 1. The zero-order valence-electron chi connectivity index (χ0n) is 21.2. The lowest BCUT2D eigenvalue weighted by Gasteiger charge is -2.55. The molecule has 2 aliphatic rings. The third kappa shape index (κ3) is 5.06. The molecule has 0 saturated carbocycles. The molecule has 5 rings (SSSR count). The second-order valence-corrected chi connectivity index (χ2v) is 10.2. The lowest BCUT2D eigenvalue weighted by molar-refractivity contribution is -0.189. The Balaban J connectivity index is 1.32. The van der Waals surface area contributed by atoms with Gasteiger partial charge in [-0.3, -0.25) is 4.79 Å². The van der Waals surface area contributed by atoms with Gasteiger partial charge in [-0.15, -0.1) is 0 Å². The van der Waals surface area contributed by atoms with Gasteiger partial charge in [-0.2, -0.15) is 0 Å². The van der Waals surface area contributed by atoms with Crippen LogP contribution in [0, 0.1) is 11.2 Å². The van der Waals surface area contributed by atoms with Gasteiger partial charge in [0.05, 0.1) is 26.9 Å². The third-order valence-electron chi connectivity index (χ3n) is 7.05. The van der Waals surface area contributed by atoms with E-state index in [2.05, 4.69) is 20.9 Å². The van der Waals surface area contributed by atoms with Gasteiger partial charge in [-0.05, 0) is 55.8 Å². The van der Waals surface area contributed by atoms with Crippen LogP contribution in [0.2, 0.25) is 0 Å². The lowest BCUT2D eigenvalue weighted by Crippen LogP contribution is -2.65. The molecule has 1 amide bonds. The van der Waals surface area contributed by atoms with E-state index in [0.717, 1.165) is 67.2 Å². The molecule has 0 bridgehead atoms. The molecule has 3 aromatic rings. The van der Waals surface area contributed by atoms with E-state index < -0.39 is 5.82 Å². The summed E-state index contributed by atoms with van der Waals surface area (Å²) in [4.78, 5) is 14.1. The van der Waals surface area contributed by atoms with Gasteiger partial charge in [-0.1, -0.05) is 0 Å². The van der Waals surface area contributed by atoms with E-state index in [1.54, 1.807) is 12.1 Å². The molecule has 0 aliphatic carbocycles. The number of nitrogens with zero attached hydrogens (tertiary/aromatic N) is 2. The van der Waals surface area contributed by atoms with Gasteiger partial charge in [-0.25, -0.2) is 4.39 Å². The summed E-state index contributed by atoms with van der Waals surface area (Å²) in [7, 11) is 1.46. The summed E-state index contributed by atoms with van der Waals surface area (Å²) in [6.07, 6.45) is 0.977. The van der Waals surface area contributed by atoms with Gasteiger partial charge < -0.3 is 29.0 Å². The van der Waals surface area contributed by atoms with Crippen molar-refractivity contribution in [2.24, 2.45) is 5.41 Å². The van der Waals surface area contributed by atoms with Crippen LogP contribution in [0.15, 0.2) is 42.5 Å². The number of likely N-dealkylation sites (tertiary alicyclic amines) is 1. The summed E-state index contributed by atoms with van der Waals surface area (Å²) >= 11 is 0. The lowest BCUT2D eigenvalue weighted by atomic mass is 9.78. The second-order valence-electron chi connectivity index (χ2n) is 10.2. The van der Waals surface area contributed by atoms with Crippen LogP contribution in [-0.4, -0.2) is 68.0 Å². The zero-order valence-corrected chi connectivity index (χ0v) is 21.2. The summed E-state index contributed by atoms with van der Waals surface area (Å²) in [5, 5.41) is 3.98. The van der Waals surface area contributed by atoms with Crippen LogP contribution < -0.4 is 14.8 Å². The fourth-order valence-electron chi connectivity index (χ4n) is 5.37. The van der Waals surface area contributed by atoms with Gasteiger partial charge in [0, 0.05) is 66.7 Å². The molecule has 1 unspecified atom stereocenters. The Labute approximate surface area is 211 Å². The Hall–Kier alpha value is -3.10. The quantitative estimate of drug-likeness (QED) is 0.430.